The van der Waals surface area contributed by atoms with Gasteiger partial charge in [-0.05, 0) is 19.8 Å². The summed E-state index contributed by atoms with van der Waals surface area (Å²) in [4.78, 5) is 22.9. The van der Waals surface area contributed by atoms with Crippen LogP contribution < -0.4 is 5.48 Å². The number of esters is 2. The van der Waals surface area contributed by atoms with Crippen molar-refractivity contribution in [3.8, 4) is 0 Å². The second-order valence-electron chi connectivity index (χ2n) is 4.60. The van der Waals surface area contributed by atoms with Gasteiger partial charge in [0.1, 0.15) is 6.04 Å². The number of ether oxygens (including phenoxy) is 1. The normalized spacial score (nSPS) is 13.7. The number of carbonyl (C=O) groups excluding carboxylic acids is 2. The molecule has 0 aliphatic heterocycles. The lowest BCUT2D eigenvalue weighted by Gasteiger charge is -2.21. The van der Waals surface area contributed by atoms with Crippen molar-refractivity contribution < 1.29 is 24.6 Å². The van der Waals surface area contributed by atoms with Crippen LogP contribution in [0.5, 0.6) is 0 Å². The minimum Gasteiger partial charge on any atom is -0.395 e. The molecule has 6 heteroatoms. The lowest BCUT2D eigenvalue weighted by molar-refractivity contribution is -0.171. The van der Waals surface area contributed by atoms with Gasteiger partial charge >= 0.3 is 11.9 Å². The van der Waals surface area contributed by atoms with Crippen LogP contribution in [0.3, 0.4) is 0 Å². The molecule has 0 spiro atoms. The van der Waals surface area contributed by atoms with E-state index in [0.717, 1.165) is 0 Å². The lowest BCUT2D eigenvalue weighted by Crippen LogP contribution is -2.43. The number of carbonyl (C=O) groups is 2. The molecule has 0 aromatic rings. The number of hydrogen-bond donors (Lipinski definition) is 3. The van der Waals surface area contributed by atoms with Crippen LogP contribution in [-0.2, 0) is 14.3 Å². The topological polar surface area (TPSA) is 95.9 Å². The van der Waals surface area contributed by atoms with Crippen LogP contribution >= 0.6 is 0 Å². The van der Waals surface area contributed by atoms with Crippen LogP contribution in [-0.4, -0.2) is 34.9 Å². The Morgan fingerprint density at radius 3 is 2.19 bits per heavy atom. The van der Waals surface area contributed by atoms with Gasteiger partial charge in [0.25, 0.3) is 0 Å². The zero-order valence-electron chi connectivity index (χ0n) is 9.98. The first kappa shape index (κ1) is 15.0. The molecular formula is C10H19NO5. The van der Waals surface area contributed by atoms with Crippen molar-refractivity contribution in [3.05, 3.63) is 0 Å². The van der Waals surface area contributed by atoms with Crippen molar-refractivity contribution in [1.29, 1.82) is 0 Å². The van der Waals surface area contributed by atoms with Gasteiger partial charge in [-0.25, -0.2) is 4.79 Å². The van der Waals surface area contributed by atoms with Crippen molar-refractivity contribution in [2.45, 2.75) is 33.7 Å². The molecule has 94 valence electrons. The molecule has 0 aliphatic carbocycles. The fourth-order valence-corrected chi connectivity index (χ4v) is 0.831. The molecule has 6 nitrogen and oxygen atoms in total. The summed E-state index contributed by atoms with van der Waals surface area (Å²) in [7, 11) is 0. The second-order valence-corrected chi connectivity index (χ2v) is 4.60. The summed E-state index contributed by atoms with van der Waals surface area (Å²) in [6.07, 6.45) is 0. The fourth-order valence-electron chi connectivity index (χ4n) is 0.831. The van der Waals surface area contributed by atoms with E-state index in [-0.39, 0.29) is 5.92 Å². The van der Waals surface area contributed by atoms with E-state index >= 15 is 0 Å². The Balaban J connectivity index is 4.51. The molecule has 0 amide bonds. The molecule has 0 unspecified atom stereocenters. The third-order valence-electron chi connectivity index (χ3n) is 2.20. The van der Waals surface area contributed by atoms with Gasteiger partial charge in [-0.3, -0.25) is 4.79 Å². The zero-order valence-corrected chi connectivity index (χ0v) is 9.98. The molecule has 0 radical (unpaired) electrons. The molecule has 0 heterocycles. The molecule has 0 aromatic carbocycles. The van der Waals surface area contributed by atoms with E-state index in [4.69, 9.17) is 10.3 Å². The van der Waals surface area contributed by atoms with Crippen molar-refractivity contribution in [2.75, 3.05) is 6.61 Å². The number of aliphatic hydroxyl groups excluding tert-OH is 1. The van der Waals surface area contributed by atoms with E-state index < -0.39 is 30.0 Å². The van der Waals surface area contributed by atoms with Gasteiger partial charge in [0.2, 0.25) is 0 Å². The molecule has 0 saturated carbocycles. The van der Waals surface area contributed by atoms with E-state index in [1.807, 2.05) is 0 Å². The first-order valence-electron chi connectivity index (χ1n) is 5.03. The quantitative estimate of drug-likeness (QED) is 0.353. The Kier molecular flexibility index (Phi) is 5.57. The van der Waals surface area contributed by atoms with Crippen LogP contribution in [0.15, 0.2) is 0 Å². The number of rotatable bonds is 5. The standard InChI is InChI=1S/C10H19NO5/c1-6(2)7(11-15)8(13)16-9(14)10(3,4)5-12/h6-7,11-12,15H,5H2,1-4H3/t7-/m0/s1. The van der Waals surface area contributed by atoms with Crippen LogP contribution in [0.25, 0.3) is 0 Å². The van der Waals surface area contributed by atoms with E-state index in [1.165, 1.54) is 13.8 Å². The summed E-state index contributed by atoms with van der Waals surface area (Å²) in [5.74, 6) is -1.90. The summed E-state index contributed by atoms with van der Waals surface area (Å²) in [5, 5.41) is 17.6. The van der Waals surface area contributed by atoms with Crippen molar-refractivity contribution in [2.24, 2.45) is 11.3 Å². The molecule has 0 fully saturated rings. The Morgan fingerprint density at radius 2 is 1.88 bits per heavy atom. The van der Waals surface area contributed by atoms with Crippen molar-refractivity contribution in [1.82, 2.24) is 5.48 Å². The van der Waals surface area contributed by atoms with E-state index in [9.17, 15) is 9.59 Å². The summed E-state index contributed by atoms with van der Waals surface area (Å²) in [6.45, 7) is 5.88. The minimum atomic E-state index is -1.13. The van der Waals surface area contributed by atoms with Crippen molar-refractivity contribution in [3.63, 3.8) is 0 Å². The maximum Gasteiger partial charge on any atom is 0.333 e. The van der Waals surface area contributed by atoms with Gasteiger partial charge in [-0.1, -0.05) is 13.8 Å². The molecule has 3 N–H and O–H groups in total. The molecule has 16 heavy (non-hydrogen) atoms. The number of hydrogen-bond acceptors (Lipinski definition) is 6. The van der Waals surface area contributed by atoms with E-state index in [0.29, 0.717) is 0 Å². The number of hydroxylamine groups is 1. The summed E-state index contributed by atoms with van der Waals surface area (Å²) in [6, 6.07) is -0.960. The number of aliphatic hydroxyl groups is 1. The van der Waals surface area contributed by atoms with Gasteiger partial charge in [-0.15, -0.1) is 0 Å². The average Bonchev–Trinajstić information content (AvgIpc) is 2.17. The van der Waals surface area contributed by atoms with E-state index in [1.54, 1.807) is 19.3 Å². The highest BCUT2D eigenvalue weighted by Gasteiger charge is 2.33. The first-order chi connectivity index (χ1) is 7.26. The Morgan fingerprint density at radius 1 is 1.38 bits per heavy atom. The Bertz CT molecular complexity index is 262. The Labute approximate surface area is 94.6 Å². The maximum atomic E-state index is 11.4. The van der Waals surface area contributed by atoms with Crippen LogP contribution in [0.4, 0.5) is 0 Å². The highest BCUT2D eigenvalue weighted by Crippen LogP contribution is 2.16. The third-order valence-corrected chi connectivity index (χ3v) is 2.20. The van der Waals surface area contributed by atoms with Crippen LogP contribution in [0.1, 0.15) is 27.7 Å². The Hall–Kier alpha value is -0.980. The first-order valence-corrected chi connectivity index (χ1v) is 5.03. The molecule has 0 rings (SSSR count). The van der Waals surface area contributed by atoms with Crippen LogP contribution in [0.2, 0.25) is 0 Å². The molecule has 0 saturated heterocycles. The summed E-state index contributed by atoms with van der Waals surface area (Å²) < 4.78 is 4.56. The van der Waals surface area contributed by atoms with Gasteiger partial charge in [0.05, 0.1) is 12.0 Å². The average molecular weight is 233 g/mol. The van der Waals surface area contributed by atoms with E-state index in [2.05, 4.69) is 4.74 Å². The summed E-state index contributed by atoms with van der Waals surface area (Å²) >= 11 is 0. The zero-order chi connectivity index (χ0) is 12.9. The second kappa shape index (κ2) is 5.93. The highest BCUT2D eigenvalue weighted by molar-refractivity contribution is 5.90. The maximum absolute atomic E-state index is 11.4. The highest BCUT2D eigenvalue weighted by atomic mass is 16.6. The molecule has 0 aromatic heterocycles. The van der Waals surface area contributed by atoms with Crippen LogP contribution in [0, 0.1) is 11.3 Å². The van der Waals surface area contributed by atoms with Gasteiger partial charge < -0.3 is 15.1 Å². The molecule has 1 atom stereocenters. The lowest BCUT2D eigenvalue weighted by atomic mass is 9.95. The summed E-state index contributed by atoms with van der Waals surface area (Å²) in [5.41, 5.74) is 0.655. The molecular weight excluding hydrogens is 214 g/mol. The van der Waals surface area contributed by atoms with Gasteiger partial charge in [-0.2, -0.15) is 5.48 Å². The predicted octanol–water partition coefficient (Wildman–Crippen LogP) is 0.0781. The van der Waals surface area contributed by atoms with Gasteiger partial charge in [0, 0.05) is 0 Å². The number of nitrogens with one attached hydrogen (secondary N) is 1. The van der Waals surface area contributed by atoms with Crippen molar-refractivity contribution >= 4 is 11.9 Å². The third kappa shape index (κ3) is 3.88. The largest absolute Gasteiger partial charge is 0.395 e. The SMILES string of the molecule is CC(C)[C@H](NO)C(=O)OC(=O)C(C)(C)CO. The molecule has 0 bridgehead atoms. The fraction of sp³-hybridized carbons (Fsp3) is 0.800. The minimum absolute atomic E-state index is 0.220. The van der Waals surface area contributed by atoms with Gasteiger partial charge in [0.15, 0.2) is 0 Å². The monoisotopic (exact) mass is 233 g/mol. The predicted molar refractivity (Wildman–Crippen MR) is 55.5 cm³/mol. The smallest absolute Gasteiger partial charge is 0.333 e. The molecule has 0 aliphatic rings.